The number of hydrogen-bond acceptors (Lipinski definition) is 3. The normalized spacial score (nSPS) is 12.2. The summed E-state index contributed by atoms with van der Waals surface area (Å²) in [6.45, 7) is 5.43. The number of hydrogen-bond donors (Lipinski definition) is 1. The molecule has 108 valence electrons. The van der Waals surface area contributed by atoms with Crippen LogP contribution in [0.2, 0.25) is 0 Å². The number of benzene rings is 1. The van der Waals surface area contributed by atoms with E-state index in [4.69, 9.17) is 9.47 Å². The molecule has 0 aliphatic carbocycles. The van der Waals surface area contributed by atoms with Gasteiger partial charge in [0.2, 0.25) is 0 Å². The topological polar surface area (TPSA) is 30.5 Å². The van der Waals surface area contributed by atoms with Gasteiger partial charge in [0.15, 0.2) is 0 Å². The van der Waals surface area contributed by atoms with Crippen LogP contribution in [0.15, 0.2) is 18.2 Å². The number of aryl methyl sites for hydroxylation is 1. The lowest BCUT2D eigenvalue weighted by molar-refractivity contribution is 0.392. The van der Waals surface area contributed by atoms with Crippen LogP contribution in [0.1, 0.15) is 38.7 Å². The molecule has 1 atom stereocenters. The highest BCUT2D eigenvalue weighted by molar-refractivity contribution is 5.38. The summed E-state index contributed by atoms with van der Waals surface area (Å²) in [5.74, 6) is 1.73. The van der Waals surface area contributed by atoms with Gasteiger partial charge in [-0.25, -0.2) is 0 Å². The van der Waals surface area contributed by atoms with Crippen molar-refractivity contribution < 1.29 is 9.47 Å². The van der Waals surface area contributed by atoms with Crippen molar-refractivity contribution in [3.63, 3.8) is 0 Å². The SMILES string of the molecule is CCCC(CCc1cc(OC)cc(OC)c1)NCC. The summed E-state index contributed by atoms with van der Waals surface area (Å²) in [6.07, 6.45) is 4.65. The van der Waals surface area contributed by atoms with Crippen LogP contribution < -0.4 is 14.8 Å². The lowest BCUT2D eigenvalue weighted by atomic mass is 10.0. The molecule has 1 rings (SSSR count). The van der Waals surface area contributed by atoms with Crippen molar-refractivity contribution in [3.05, 3.63) is 23.8 Å². The summed E-state index contributed by atoms with van der Waals surface area (Å²) in [5, 5.41) is 3.55. The molecule has 3 nitrogen and oxygen atoms in total. The zero-order valence-electron chi connectivity index (χ0n) is 12.7. The quantitative estimate of drug-likeness (QED) is 0.742. The van der Waals surface area contributed by atoms with Gasteiger partial charge in [0, 0.05) is 12.1 Å². The average Bonchev–Trinajstić information content (AvgIpc) is 2.44. The number of methoxy groups -OCH3 is 2. The minimum absolute atomic E-state index is 0.604. The molecule has 19 heavy (non-hydrogen) atoms. The Hall–Kier alpha value is -1.22. The lowest BCUT2D eigenvalue weighted by Crippen LogP contribution is -2.29. The molecule has 0 saturated heterocycles. The van der Waals surface area contributed by atoms with Gasteiger partial charge in [-0.1, -0.05) is 20.3 Å². The van der Waals surface area contributed by atoms with Crippen LogP contribution in [-0.2, 0) is 6.42 Å². The maximum Gasteiger partial charge on any atom is 0.122 e. The van der Waals surface area contributed by atoms with E-state index in [1.165, 1.54) is 18.4 Å². The first kappa shape index (κ1) is 15.8. The van der Waals surface area contributed by atoms with E-state index < -0.39 is 0 Å². The Morgan fingerprint density at radius 2 is 1.63 bits per heavy atom. The molecule has 0 saturated carbocycles. The van der Waals surface area contributed by atoms with Gasteiger partial charge in [-0.05, 0) is 43.5 Å². The number of ether oxygens (including phenoxy) is 2. The lowest BCUT2D eigenvalue weighted by Gasteiger charge is -2.17. The van der Waals surface area contributed by atoms with E-state index in [0.29, 0.717) is 6.04 Å². The monoisotopic (exact) mass is 265 g/mol. The van der Waals surface area contributed by atoms with Gasteiger partial charge in [0.25, 0.3) is 0 Å². The van der Waals surface area contributed by atoms with Crippen molar-refractivity contribution in [1.82, 2.24) is 5.32 Å². The third kappa shape index (κ3) is 5.52. The van der Waals surface area contributed by atoms with Crippen molar-refractivity contribution in [1.29, 1.82) is 0 Å². The molecule has 1 unspecified atom stereocenters. The Morgan fingerprint density at radius 3 is 2.11 bits per heavy atom. The Bertz CT molecular complexity index is 338. The molecule has 0 bridgehead atoms. The molecule has 1 aromatic rings. The van der Waals surface area contributed by atoms with E-state index in [1.54, 1.807) is 14.2 Å². The third-order valence-corrected chi connectivity index (χ3v) is 3.32. The second-order valence-corrected chi connectivity index (χ2v) is 4.80. The van der Waals surface area contributed by atoms with Gasteiger partial charge < -0.3 is 14.8 Å². The Balaban J connectivity index is 2.64. The van der Waals surface area contributed by atoms with Crippen molar-refractivity contribution in [3.8, 4) is 11.5 Å². The summed E-state index contributed by atoms with van der Waals surface area (Å²) < 4.78 is 10.6. The Morgan fingerprint density at radius 1 is 1.00 bits per heavy atom. The summed E-state index contributed by atoms with van der Waals surface area (Å²) in [5.41, 5.74) is 1.27. The van der Waals surface area contributed by atoms with Gasteiger partial charge in [0.1, 0.15) is 11.5 Å². The Labute approximate surface area is 117 Å². The number of rotatable bonds is 9. The molecule has 0 aliphatic rings. The summed E-state index contributed by atoms with van der Waals surface area (Å²) >= 11 is 0. The molecule has 0 aromatic heterocycles. The maximum absolute atomic E-state index is 5.30. The second kappa shape index (κ2) is 8.81. The summed E-state index contributed by atoms with van der Waals surface area (Å²) in [4.78, 5) is 0. The van der Waals surface area contributed by atoms with E-state index >= 15 is 0 Å². The molecule has 0 aliphatic heterocycles. The smallest absolute Gasteiger partial charge is 0.122 e. The second-order valence-electron chi connectivity index (χ2n) is 4.80. The van der Waals surface area contributed by atoms with Crippen LogP contribution in [0.4, 0.5) is 0 Å². The van der Waals surface area contributed by atoms with Crippen LogP contribution in [0.25, 0.3) is 0 Å². The summed E-state index contributed by atoms with van der Waals surface area (Å²) in [6, 6.07) is 6.71. The van der Waals surface area contributed by atoms with Crippen molar-refractivity contribution in [2.45, 2.75) is 45.6 Å². The van der Waals surface area contributed by atoms with Gasteiger partial charge in [-0.15, -0.1) is 0 Å². The summed E-state index contributed by atoms with van der Waals surface area (Å²) in [7, 11) is 3.38. The van der Waals surface area contributed by atoms with Gasteiger partial charge in [-0.2, -0.15) is 0 Å². The molecule has 0 amide bonds. The van der Waals surface area contributed by atoms with Crippen LogP contribution in [0.5, 0.6) is 11.5 Å². The largest absolute Gasteiger partial charge is 0.497 e. The molecule has 0 heterocycles. The highest BCUT2D eigenvalue weighted by Gasteiger charge is 2.08. The molecule has 0 fully saturated rings. The van der Waals surface area contributed by atoms with E-state index in [9.17, 15) is 0 Å². The molecule has 1 N–H and O–H groups in total. The predicted molar refractivity (Wildman–Crippen MR) is 80.2 cm³/mol. The highest BCUT2D eigenvalue weighted by atomic mass is 16.5. The molecule has 0 radical (unpaired) electrons. The third-order valence-electron chi connectivity index (χ3n) is 3.32. The van der Waals surface area contributed by atoms with Gasteiger partial charge in [-0.3, -0.25) is 0 Å². The van der Waals surface area contributed by atoms with E-state index in [0.717, 1.165) is 30.9 Å². The molecule has 0 spiro atoms. The fourth-order valence-electron chi connectivity index (χ4n) is 2.34. The predicted octanol–water partition coefficient (Wildman–Crippen LogP) is 3.41. The molecular weight excluding hydrogens is 238 g/mol. The fourth-order valence-corrected chi connectivity index (χ4v) is 2.34. The molecule has 1 aromatic carbocycles. The minimum Gasteiger partial charge on any atom is -0.497 e. The first-order valence-electron chi connectivity index (χ1n) is 7.18. The minimum atomic E-state index is 0.604. The first-order chi connectivity index (χ1) is 9.23. The fraction of sp³-hybridized carbons (Fsp3) is 0.625. The molecule has 3 heteroatoms. The zero-order chi connectivity index (χ0) is 14.1. The average molecular weight is 265 g/mol. The van der Waals surface area contributed by atoms with E-state index in [1.807, 2.05) is 6.07 Å². The van der Waals surface area contributed by atoms with Crippen LogP contribution in [0, 0.1) is 0 Å². The van der Waals surface area contributed by atoms with Crippen molar-refractivity contribution in [2.75, 3.05) is 20.8 Å². The maximum atomic E-state index is 5.30. The van der Waals surface area contributed by atoms with Gasteiger partial charge >= 0.3 is 0 Å². The van der Waals surface area contributed by atoms with Crippen LogP contribution in [-0.4, -0.2) is 26.8 Å². The van der Waals surface area contributed by atoms with Crippen LogP contribution >= 0.6 is 0 Å². The zero-order valence-corrected chi connectivity index (χ0v) is 12.7. The molecular formula is C16H27NO2. The standard InChI is InChI=1S/C16H27NO2/c1-5-7-14(17-6-2)9-8-13-10-15(18-3)12-16(11-13)19-4/h10-12,14,17H,5-9H2,1-4H3. The van der Waals surface area contributed by atoms with Crippen molar-refractivity contribution in [2.24, 2.45) is 0 Å². The first-order valence-corrected chi connectivity index (χ1v) is 7.18. The van der Waals surface area contributed by atoms with Crippen molar-refractivity contribution >= 4 is 0 Å². The Kier molecular flexibility index (Phi) is 7.34. The highest BCUT2D eigenvalue weighted by Crippen LogP contribution is 2.23. The van der Waals surface area contributed by atoms with Gasteiger partial charge in [0.05, 0.1) is 14.2 Å². The van der Waals surface area contributed by atoms with E-state index in [2.05, 4.69) is 31.3 Å². The number of nitrogens with one attached hydrogen (secondary N) is 1. The van der Waals surface area contributed by atoms with Crippen LogP contribution in [0.3, 0.4) is 0 Å². The van der Waals surface area contributed by atoms with E-state index in [-0.39, 0.29) is 0 Å².